The lowest BCUT2D eigenvalue weighted by Gasteiger charge is -2.12. The molecule has 0 spiro atoms. The smallest absolute Gasteiger partial charge is 0.115 e. The van der Waals surface area contributed by atoms with Crippen molar-refractivity contribution in [2.45, 2.75) is 30.3 Å². The van der Waals surface area contributed by atoms with E-state index in [1.165, 1.54) is 10.5 Å². The van der Waals surface area contributed by atoms with Crippen molar-refractivity contribution in [2.75, 3.05) is 6.54 Å². The highest BCUT2D eigenvalue weighted by Crippen LogP contribution is 2.34. The summed E-state index contributed by atoms with van der Waals surface area (Å²) in [6.07, 6.45) is 1.82. The fourth-order valence-corrected chi connectivity index (χ4v) is 3.62. The van der Waals surface area contributed by atoms with Crippen molar-refractivity contribution in [3.63, 3.8) is 0 Å². The molecule has 1 N–H and O–H groups in total. The predicted octanol–water partition coefficient (Wildman–Crippen LogP) is 5.50. The van der Waals surface area contributed by atoms with E-state index in [1.807, 2.05) is 18.3 Å². The van der Waals surface area contributed by atoms with E-state index in [1.54, 1.807) is 11.8 Å². The van der Waals surface area contributed by atoms with Gasteiger partial charge in [0, 0.05) is 22.1 Å². The quantitative estimate of drug-likeness (QED) is 0.655. The number of rotatable bonds is 6. The van der Waals surface area contributed by atoms with Crippen LogP contribution in [0.2, 0.25) is 0 Å². The second kappa shape index (κ2) is 8.32. The molecule has 0 amide bonds. The molecule has 0 bridgehead atoms. The van der Waals surface area contributed by atoms with E-state index >= 15 is 0 Å². The van der Waals surface area contributed by atoms with E-state index in [4.69, 9.17) is 0 Å². The van der Waals surface area contributed by atoms with Crippen LogP contribution in [0.4, 0.5) is 0 Å². The Labute approximate surface area is 147 Å². The molecule has 1 aromatic heterocycles. The molecule has 2 rings (SSSR count). The monoisotopic (exact) mass is 428 g/mol. The lowest BCUT2D eigenvalue weighted by molar-refractivity contribution is 0.550. The maximum absolute atomic E-state index is 4.43. The molecule has 0 atom stereocenters. The Morgan fingerprint density at radius 2 is 2.05 bits per heavy atom. The van der Waals surface area contributed by atoms with Crippen LogP contribution in [-0.2, 0) is 6.54 Å². The van der Waals surface area contributed by atoms with Crippen molar-refractivity contribution in [2.24, 2.45) is 5.92 Å². The Kier molecular flexibility index (Phi) is 6.74. The fraction of sp³-hybridized carbons (Fsp3) is 0.312. The highest BCUT2D eigenvalue weighted by molar-refractivity contribution is 9.10. The minimum Gasteiger partial charge on any atom is -0.312 e. The van der Waals surface area contributed by atoms with Crippen LogP contribution < -0.4 is 5.32 Å². The third-order valence-electron chi connectivity index (χ3n) is 2.82. The number of pyridine rings is 1. The van der Waals surface area contributed by atoms with Gasteiger partial charge < -0.3 is 5.32 Å². The summed E-state index contributed by atoms with van der Waals surface area (Å²) in [7, 11) is 0. The van der Waals surface area contributed by atoms with Gasteiger partial charge in [0.25, 0.3) is 0 Å². The fourth-order valence-electron chi connectivity index (χ4n) is 1.83. The van der Waals surface area contributed by atoms with Crippen LogP contribution in [0.15, 0.2) is 55.4 Å². The molecule has 21 heavy (non-hydrogen) atoms. The standard InChI is InChI=1S/C16H18Br2N2S/c1-11(2)9-19-10-12-8-13(17)5-6-15(12)21-16-14(18)4-3-7-20-16/h3-8,11,19H,9-10H2,1-2H3. The zero-order valence-corrected chi connectivity index (χ0v) is 16.1. The van der Waals surface area contributed by atoms with Gasteiger partial charge in [-0.1, -0.05) is 41.5 Å². The Morgan fingerprint density at radius 1 is 1.24 bits per heavy atom. The van der Waals surface area contributed by atoms with Gasteiger partial charge in [-0.15, -0.1) is 0 Å². The van der Waals surface area contributed by atoms with Crippen LogP contribution in [0.5, 0.6) is 0 Å². The first-order valence-electron chi connectivity index (χ1n) is 6.84. The van der Waals surface area contributed by atoms with Gasteiger partial charge in [-0.3, -0.25) is 0 Å². The molecule has 1 aromatic carbocycles. The number of benzene rings is 1. The van der Waals surface area contributed by atoms with Crippen LogP contribution >= 0.6 is 43.6 Å². The number of hydrogen-bond donors (Lipinski definition) is 1. The second-order valence-electron chi connectivity index (χ2n) is 5.17. The van der Waals surface area contributed by atoms with Crippen LogP contribution in [0.25, 0.3) is 0 Å². The minimum atomic E-state index is 0.651. The molecular formula is C16H18Br2N2S. The summed E-state index contributed by atoms with van der Waals surface area (Å²) in [6, 6.07) is 10.3. The zero-order chi connectivity index (χ0) is 15.2. The number of nitrogens with zero attached hydrogens (tertiary/aromatic N) is 1. The maximum atomic E-state index is 4.43. The topological polar surface area (TPSA) is 24.9 Å². The average molecular weight is 430 g/mol. The van der Waals surface area contributed by atoms with Crippen LogP contribution in [0.3, 0.4) is 0 Å². The molecule has 0 aliphatic rings. The number of halogens is 2. The van der Waals surface area contributed by atoms with Crippen LogP contribution in [-0.4, -0.2) is 11.5 Å². The van der Waals surface area contributed by atoms with E-state index in [9.17, 15) is 0 Å². The lowest BCUT2D eigenvalue weighted by atomic mass is 10.2. The van der Waals surface area contributed by atoms with E-state index in [0.717, 1.165) is 27.1 Å². The van der Waals surface area contributed by atoms with Gasteiger partial charge >= 0.3 is 0 Å². The molecule has 2 aromatic rings. The van der Waals surface area contributed by atoms with Gasteiger partial charge in [0.1, 0.15) is 5.03 Å². The molecule has 2 nitrogen and oxygen atoms in total. The van der Waals surface area contributed by atoms with Crippen LogP contribution in [0, 0.1) is 5.92 Å². The van der Waals surface area contributed by atoms with Gasteiger partial charge in [0.05, 0.1) is 4.47 Å². The van der Waals surface area contributed by atoms with E-state index in [-0.39, 0.29) is 0 Å². The molecule has 1 heterocycles. The molecular weight excluding hydrogens is 412 g/mol. The summed E-state index contributed by atoms with van der Waals surface area (Å²) in [5.41, 5.74) is 1.28. The van der Waals surface area contributed by atoms with Crippen molar-refractivity contribution in [1.82, 2.24) is 10.3 Å². The van der Waals surface area contributed by atoms with Gasteiger partial charge in [-0.25, -0.2) is 4.98 Å². The summed E-state index contributed by atoms with van der Waals surface area (Å²) < 4.78 is 2.13. The number of hydrogen-bond acceptors (Lipinski definition) is 3. The summed E-state index contributed by atoms with van der Waals surface area (Å²) >= 11 is 8.80. The van der Waals surface area contributed by atoms with Crippen LogP contribution in [0.1, 0.15) is 19.4 Å². The molecule has 0 radical (unpaired) electrons. The molecule has 5 heteroatoms. The lowest BCUT2D eigenvalue weighted by Crippen LogP contribution is -2.19. The largest absolute Gasteiger partial charge is 0.312 e. The van der Waals surface area contributed by atoms with E-state index in [2.05, 4.69) is 74.2 Å². The van der Waals surface area contributed by atoms with Crippen molar-refractivity contribution in [3.8, 4) is 0 Å². The van der Waals surface area contributed by atoms with Crippen molar-refractivity contribution in [3.05, 3.63) is 51.0 Å². The maximum Gasteiger partial charge on any atom is 0.115 e. The molecule has 0 aliphatic carbocycles. The molecule has 0 fully saturated rings. The molecule has 0 unspecified atom stereocenters. The van der Waals surface area contributed by atoms with E-state index < -0.39 is 0 Å². The van der Waals surface area contributed by atoms with Gasteiger partial charge in [0.2, 0.25) is 0 Å². The van der Waals surface area contributed by atoms with Gasteiger partial charge in [-0.05, 0) is 64.3 Å². The van der Waals surface area contributed by atoms with Gasteiger partial charge in [0.15, 0.2) is 0 Å². The molecule has 0 aliphatic heterocycles. The highest BCUT2D eigenvalue weighted by atomic mass is 79.9. The summed E-state index contributed by atoms with van der Waals surface area (Å²) in [6.45, 7) is 6.32. The minimum absolute atomic E-state index is 0.651. The molecule has 0 saturated carbocycles. The van der Waals surface area contributed by atoms with Crippen molar-refractivity contribution < 1.29 is 0 Å². The number of aromatic nitrogens is 1. The first-order chi connectivity index (χ1) is 10.1. The van der Waals surface area contributed by atoms with Crippen molar-refractivity contribution in [1.29, 1.82) is 0 Å². The Hall–Kier alpha value is -0.360. The predicted molar refractivity (Wildman–Crippen MR) is 96.7 cm³/mol. The Morgan fingerprint density at radius 3 is 2.76 bits per heavy atom. The second-order valence-corrected chi connectivity index (χ2v) is 7.97. The Balaban J connectivity index is 2.16. The average Bonchev–Trinajstić information content (AvgIpc) is 2.43. The molecule has 0 saturated heterocycles. The third-order valence-corrected chi connectivity index (χ3v) is 5.35. The van der Waals surface area contributed by atoms with Crippen molar-refractivity contribution >= 4 is 43.6 Å². The summed E-state index contributed by atoms with van der Waals surface area (Å²) in [5.74, 6) is 0.651. The molecule has 112 valence electrons. The zero-order valence-electron chi connectivity index (χ0n) is 12.1. The summed E-state index contributed by atoms with van der Waals surface area (Å²) in [5, 5.41) is 4.49. The first-order valence-corrected chi connectivity index (χ1v) is 9.24. The first kappa shape index (κ1) is 17.0. The third kappa shape index (κ3) is 5.40. The SMILES string of the molecule is CC(C)CNCc1cc(Br)ccc1Sc1ncccc1Br. The highest BCUT2D eigenvalue weighted by Gasteiger charge is 2.09. The normalized spacial score (nSPS) is 11.1. The van der Waals surface area contributed by atoms with Gasteiger partial charge in [-0.2, -0.15) is 0 Å². The number of nitrogens with one attached hydrogen (secondary N) is 1. The Bertz CT molecular complexity index is 603. The van der Waals surface area contributed by atoms with E-state index in [0.29, 0.717) is 5.92 Å². The summed E-state index contributed by atoms with van der Waals surface area (Å²) in [4.78, 5) is 5.66.